The van der Waals surface area contributed by atoms with Crippen molar-refractivity contribution in [2.24, 2.45) is 11.1 Å². The van der Waals surface area contributed by atoms with Crippen molar-refractivity contribution in [3.05, 3.63) is 29.3 Å². The number of piperazine rings is 1. The Kier molecular flexibility index (Phi) is 8.37. The summed E-state index contributed by atoms with van der Waals surface area (Å²) >= 11 is 5.83. The second-order valence-electron chi connectivity index (χ2n) is 7.01. The molecular formula is C19H27Cl2N3O4. The molecule has 2 amide bonds. The van der Waals surface area contributed by atoms with Gasteiger partial charge in [-0.15, -0.1) is 12.4 Å². The van der Waals surface area contributed by atoms with E-state index in [1.54, 1.807) is 29.2 Å². The second-order valence-corrected chi connectivity index (χ2v) is 7.45. The van der Waals surface area contributed by atoms with E-state index in [2.05, 4.69) is 0 Å². The molecule has 0 saturated carbocycles. The summed E-state index contributed by atoms with van der Waals surface area (Å²) in [5, 5.41) is 0.620. The Labute approximate surface area is 176 Å². The molecule has 9 heteroatoms. The van der Waals surface area contributed by atoms with E-state index in [4.69, 9.17) is 26.8 Å². The van der Waals surface area contributed by atoms with E-state index in [0.29, 0.717) is 69.6 Å². The first-order valence-corrected chi connectivity index (χ1v) is 9.65. The van der Waals surface area contributed by atoms with Crippen molar-refractivity contribution in [1.29, 1.82) is 0 Å². The van der Waals surface area contributed by atoms with E-state index >= 15 is 0 Å². The van der Waals surface area contributed by atoms with Crippen LogP contribution in [0.15, 0.2) is 24.3 Å². The Hall–Kier alpha value is -1.54. The lowest BCUT2D eigenvalue weighted by Crippen LogP contribution is -2.57. The van der Waals surface area contributed by atoms with Gasteiger partial charge < -0.3 is 25.0 Å². The summed E-state index contributed by atoms with van der Waals surface area (Å²) in [6.07, 6.45) is 1.33. The number of ether oxygens (including phenoxy) is 2. The molecule has 2 heterocycles. The Bertz CT molecular complexity index is 658. The summed E-state index contributed by atoms with van der Waals surface area (Å²) in [7, 11) is 0. The number of nitrogens with zero attached hydrogens (tertiary/aromatic N) is 2. The van der Waals surface area contributed by atoms with Gasteiger partial charge in [-0.2, -0.15) is 0 Å². The van der Waals surface area contributed by atoms with E-state index in [1.807, 2.05) is 4.90 Å². The van der Waals surface area contributed by atoms with Crippen LogP contribution in [0.5, 0.6) is 5.75 Å². The molecule has 0 spiro atoms. The van der Waals surface area contributed by atoms with Gasteiger partial charge in [0.25, 0.3) is 5.91 Å². The van der Waals surface area contributed by atoms with Crippen molar-refractivity contribution in [3.63, 3.8) is 0 Å². The summed E-state index contributed by atoms with van der Waals surface area (Å²) in [4.78, 5) is 28.9. The molecule has 0 aliphatic carbocycles. The zero-order chi connectivity index (χ0) is 19.3. The number of amides is 2. The molecule has 0 bridgehead atoms. The van der Waals surface area contributed by atoms with Crippen LogP contribution in [0.1, 0.15) is 12.8 Å². The van der Waals surface area contributed by atoms with E-state index in [1.165, 1.54) is 0 Å². The highest BCUT2D eigenvalue weighted by molar-refractivity contribution is 6.30. The predicted molar refractivity (Wildman–Crippen MR) is 109 cm³/mol. The van der Waals surface area contributed by atoms with Crippen LogP contribution < -0.4 is 10.5 Å². The highest BCUT2D eigenvalue weighted by Gasteiger charge is 2.42. The third kappa shape index (κ3) is 5.29. The zero-order valence-corrected chi connectivity index (χ0v) is 17.3. The van der Waals surface area contributed by atoms with Crippen molar-refractivity contribution < 1.29 is 19.1 Å². The Morgan fingerprint density at radius 2 is 1.64 bits per heavy atom. The normalized spacial score (nSPS) is 18.9. The molecule has 156 valence electrons. The maximum absolute atomic E-state index is 13.0. The van der Waals surface area contributed by atoms with Crippen LogP contribution in [0, 0.1) is 5.41 Å². The Balaban J connectivity index is 0.00000280. The van der Waals surface area contributed by atoms with Crippen LogP contribution in [0.4, 0.5) is 0 Å². The minimum atomic E-state index is -0.512. The Morgan fingerprint density at radius 3 is 2.21 bits per heavy atom. The summed E-state index contributed by atoms with van der Waals surface area (Å²) in [5.41, 5.74) is 5.42. The molecule has 0 atom stereocenters. The lowest BCUT2D eigenvalue weighted by atomic mass is 9.78. The summed E-state index contributed by atoms with van der Waals surface area (Å²) < 4.78 is 10.9. The topological polar surface area (TPSA) is 85.1 Å². The van der Waals surface area contributed by atoms with Crippen LogP contribution in [-0.2, 0) is 14.3 Å². The molecule has 2 saturated heterocycles. The van der Waals surface area contributed by atoms with Gasteiger partial charge in [0, 0.05) is 51.0 Å². The molecule has 2 aliphatic rings. The highest BCUT2D eigenvalue weighted by atomic mass is 35.5. The number of hydrogen-bond donors (Lipinski definition) is 1. The van der Waals surface area contributed by atoms with Crippen LogP contribution in [0.2, 0.25) is 5.02 Å². The fourth-order valence-electron chi connectivity index (χ4n) is 3.53. The number of halogens is 2. The van der Waals surface area contributed by atoms with Crippen molar-refractivity contribution in [1.82, 2.24) is 9.80 Å². The van der Waals surface area contributed by atoms with Crippen LogP contribution in [0.25, 0.3) is 0 Å². The van der Waals surface area contributed by atoms with Crippen LogP contribution >= 0.6 is 24.0 Å². The molecule has 0 unspecified atom stereocenters. The predicted octanol–water partition coefficient (Wildman–Crippen LogP) is 1.57. The quantitative estimate of drug-likeness (QED) is 0.764. The summed E-state index contributed by atoms with van der Waals surface area (Å²) in [5.74, 6) is 0.612. The molecule has 2 fully saturated rings. The number of carbonyl (C=O) groups excluding carboxylic acids is 2. The summed E-state index contributed by atoms with van der Waals surface area (Å²) in [6, 6.07) is 6.89. The molecule has 1 aromatic rings. The zero-order valence-electron chi connectivity index (χ0n) is 15.8. The lowest BCUT2D eigenvalue weighted by Gasteiger charge is -2.42. The average molecular weight is 432 g/mol. The minimum absolute atomic E-state index is 0. The molecule has 28 heavy (non-hydrogen) atoms. The molecule has 1 aromatic carbocycles. The molecule has 0 aromatic heterocycles. The maximum Gasteiger partial charge on any atom is 0.260 e. The molecule has 7 nitrogen and oxygen atoms in total. The minimum Gasteiger partial charge on any atom is -0.484 e. The van der Waals surface area contributed by atoms with E-state index in [0.717, 1.165) is 0 Å². The van der Waals surface area contributed by atoms with Crippen molar-refractivity contribution in [3.8, 4) is 5.75 Å². The number of rotatable bonds is 5. The fourth-order valence-corrected chi connectivity index (χ4v) is 3.65. The summed E-state index contributed by atoms with van der Waals surface area (Å²) in [6.45, 7) is 3.51. The molecule has 2 N–H and O–H groups in total. The van der Waals surface area contributed by atoms with Gasteiger partial charge in [0.15, 0.2) is 6.61 Å². The number of hydrogen-bond acceptors (Lipinski definition) is 5. The first-order chi connectivity index (χ1) is 13.0. The number of nitrogens with two attached hydrogens (primary N) is 1. The third-order valence-electron chi connectivity index (χ3n) is 5.39. The second kappa shape index (κ2) is 10.3. The van der Waals surface area contributed by atoms with Crippen LogP contribution in [0.3, 0.4) is 0 Å². The standard InChI is InChI=1S/C19H26ClN3O4.ClH/c20-15-1-3-16(4-2-15)27-13-17(24)22-7-9-23(10-8-22)18(25)19(14-21)5-11-26-12-6-19;/h1-4H,5-14,21H2;1H. The number of carbonyl (C=O) groups is 2. The van der Waals surface area contributed by atoms with E-state index < -0.39 is 5.41 Å². The van der Waals surface area contributed by atoms with Gasteiger partial charge in [-0.3, -0.25) is 9.59 Å². The maximum atomic E-state index is 13.0. The van der Waals surface area contributed by atoms with Gasteiger partial charge in [0.05, 0.1) is 5.41 Å². The smallest absolute Gasteiger partial charge is 0.260 e. The van der Waals surface area contributed by atoms with Gasteiger partial charge in [0.1, 0.15) is 5.75 Å². The highest BCUT2D eigenvalue weighted by Crippen LogP contribution is 2.32. The van der Waals surface area contributed by atoms with Crippen molar-refractivity contribution >= 4 is 35.8 Å². The van der Waals surface area contributed by atoms with E-state index in [-0.39, 0.29) is 30.8 Å². The van der Waals surface area contributed by atoms with Gasteiger partial charge >= 0.3 is 0 Å². The molecular weight excluding hydrogens is 405 g/mol. The van der Waals surface area contributed by atoms with Crippen molar-refractivity contribution in [2.45, 2.75) is 12.8 Å². The van der Waals surface area contributed by atoms with Gasteiger partial charge in [0.2, 0.25) is 5.91 Å². The molecule has 2 aliphatic heterocycles. The fraction of sp³-hybridized carbons (Fsp3) is 0.579. The monoisotopic (exact) mass is 431 g/mol. The lowest BCUT2D eigenvalue weighted by molar-refractivity contribution is -0.151. The first-order valence-electron chi connectivity index (χ1n) is 9.27. The van der Waals surface area contributed by atoms with Gasteiger partial charge in [-0.25, -0.2) is 0 Å². The largest absolute Gasteiger partial charge is 0.484 e. The third-order valence-corrected chi connectivity index (χ3v) is 5.64. The van der Waals surface area contributed by atoms with Crippen LogP contribution in [-0.4, -0.2) is 74.2 Å². The first kappa shape index (κ1) is 22.7. The van der Waals surface area contributed by atoms with E-state index in [9.17, 15) is 9.59 Å². The molecule has 0 radical (unpaired) electrons. The van der Waals surface area contributed by atoms with Crippen molar-refractivity contribution in [2.75, 3.05) is 52.5 Å². The Morgan fingerprint density at radius 1 is 1.07 bits per heavy atom. The van der Waals surface area contributed by atoms with Gasteiger partial charge in [-0.1, -0.05) is 11.6 Å². The van der Waals surface area contributed by atoms with Gasteiger partial charge in [-0.05, 0) is 37.1 Å². The molecule has 3 rings (SSSR count). The average Bonchev–Trinajstić information content (AvgIpc) is 2.73. The number of benzene rings is 1. The SMILES string of the molecule is Cl.NCC1(C(=O)N2CCN(C(=O)COc3ccc(Cl)cc3)CC2)CCOCC1.